The number of aryl methyl sites for hydroxylation is 1. The molecule has 0 fully saturated rings. The summed E-state index contributed by atoms with van der Waals surface area (Å²) in [5.41, 5.74) is 4.61. The molecule has 0 aliphatic carbocycles. The van der Waals surface area contributed by atoms with E-state index in [1.54, 1.807) is 31.4 Å². The summed E-state index contributed by atoms with van der Waals surface area (Å²) in [6.07, 6.45) is 0. The van der Waals surface area contributed by atoms with Crippen molar-refractivity contribution in [3.8, 4) is 11.3 Å². The van der Waals surface area contributed by atoms with Gasteiger partial charge in [-0.25, -0.2) is 4.79 Å². The zero-order chi connectivity index (χ0) is 21.8. The second-order valence-corrected chi connectivity index (χ2v) is 7.30. The third kappa shape index (κ3) is 4.13. The van der Waals surface area contributed by atoms with E-state index < -0.39 is 5.97 Å². The van der Waals surface area contributed by atoms with E-state index in [0.29, 0.717) is 17.7 Å². The van der Waals surface area contributed by atoms with Crippen molar-refractivity contribution in [1.29, 1.82) is 0 Å². The highest BCUT2D eigenvalue weighted by molar-refractivity contribution is 6.14. The first-order valence-electron chi connectivity index (χ1n) is 10.0. The van der Waals surface area contributed by atoms with Crippen molar-refractivity contribution >= 4 is 22.7 Å². The maximum Gasteiger partial charge on any atom is 0.338 e. The van der Waals surface area contributed by atoms with E-state index in [9.17, 15) is 9.59 Å². The Hall–Kier alpha value is -3.70. The van der Waals surface area contributed by atoms with Crippen LogP contribution in [-0.2, 0) is 23.1 Å². The van der Waals surface area contributed by atoms with Crippen LogP contribution in [-0.4, -0.2) is 30.0 Å². The second-order valence-electron chi connectivity index (χ2n) is 7.30. The SMILES string of the molecule is COCc1ccc(C(=O)OCC(=O)c2c(-c3ccccc3)n(C)c3ccccc23)cc1. The minimum Gasteiger partial charge on any atom is -0.454 e. The number of benzene rings is 3. The number of hydrogen-bond acceptors (Lipinski definition) is 4. The van der Waals surface area contributed by atoms with Crippen LogP contribution >= 0.6 is 0 Å². The minimum atomic E-state index is -0.529. The molecule has 1 heterocycles. The number of Topliss-reactive ketones (excluding diaryl/α,β-unsaturated/α-hetero) is 1. The molecule has 0 aliphatic rings. The first kappa shape index (κ1) is 20.6. The number of ketones is 1. The van der Waals surface area contributed by atoms with Crippen LogP contribution in [0.15, 0.2) is 78.9 Å². The lowest BCUT2D eigenvalue weighted by Gasteiger charge is -2.09. The quantitative estimate of drug-likeness (QED) is 0.315. The van der Waals surface area contributed by atoms with Crippen LogP contribution in [0.4, 0.5) is 0 Å². The predicted octanol–water partition coefficient (Wildman–Crippen LogP) is 5.03. The fraction of sp³-hybridized carbons (Fsp3) is 0.154. The van der Waals surface area contributed by atoms with Gasteiger partial charge >= 0.3 is 5.97 Å². The summed E-state index contributed by atoms with van der Waals surface area (Å²) < 4.78 is 12.5. The molecule has 0 spiro atoms. The number of esters is 1. The van der Waals surface area contributed by atoms with Crippen LogP contribution < -0.4 is 0 Å². The van der Waals surface area contributed by atoms with Crippen molar-refractivity contribution in [1.82, 2.24) is 4.57 Å². The summed E-state index contributed by atoms with van der Waals surface area (Å²) in [4.78, 5) is 25.7. The molecule has 0 aliphatic heterocycles. The van der Waals surface area contributed by atoms with E-state index in [-0.39, 0.29) is 12.4 Å². The van der Waals surface area contributed by atoms with Gasteiger partial charge in [0.2, 0.25) is 5.78 Å². The van der Waals surface area contributed by atoms with Crippen LogP contribution in [0, 0.1) is 0 Å². The van der Waals surface area contributed by atoms with Gasteiger partial charge in [0, 0.05) is 25.1 Å². The number of fused-ring (bicyclic) bond motifs is 1. The van der Waals surface area contributed by atoms with Crippen molar-refractivity contribution in [2.45, 2.75) is 6.61 Å². The van der Waals surface area contributed by atoms with Crippen molar-refractivity contribution < 1.29 is 19.1 Å². The summed E-state index contributed by atoms with van der Waals surface area (Å²) in [7, 11) is 3.56. The first-order chi connectivity index (χ1) is 15.1. The van der Waals surface area contributed by atoms with Gasteiger partial charge in [0.1, 0.15) is 0 Å². The van der Waals surface area contributed by atoms with E-state index in [2.05, 4.69) is 0 Å². The summed E-state index contributed by atoms with van der Waals surface area (Å²) >= 11 is 0. The molecule has 0 amide bonds. The Bertz CT molecular complexity index is 1220. The van der Waals surface area contributed by atoms with Crippen molar-refractivity contribution in [2.24, 2.45) is 7.05 Å². The molecule has 0 saturated carbocycles. The van der Waals surface area contributed by atoms with Gasteiger partial charge in [-0.15, -0.1) is 0 Å². The molecule has 0 radical (unpaired) electrons. The lowest BCUT2D eigenvalue weighted by Crippen LogP contribution is -2.15. The minimum absolute atomic E-state index is 0.236. The number of para-hydroxylation sites is 1. The molecule has 3 aromatic carbocycles. The van der Waals surface area contributed by atoms with Gasteiger partial charge in [0.05, 0.1) is 23.4 Å². The zero-order valence-corrected chi connectivity index (χ0v) is 17.5. The van der Waals surface area contributed by atoms with Gasteiger partial charge in [0.15, 0.2) is 6.61 Å². The van der Waals surface area contributed by atoms with E-state index in [4.69, 9.17) is 9.47 Å². The Morgan fingerprint density at radius 2 is 1.55 bits per heavy atom. The highest BCUT2D eigenvalue weighted by Gasteiger charge is 2.23. The Labute approximate surface area is 180 Å². The van der Waals surface area contributed by atoms with Gasteiger partial charge in [-0.2, -0.15) is 0 Å². The molecule has 4 rings (SSSR count). The number of rotatable bonds is 7. The summed E-state index contributed by atoms with van der Waals surface area (Å²) in [5.74, 6) is -0.765. The normalized spacial score (nSPS) is 10.9. The zero-order valence-electron chi connectivity index (χ0n) is 17.5. The monoisotopic (exact) mass is 413 g/mol. The average Bonchev–Trinajstić information content (AvgIpc) is 3.11. The number of carbonyl (C=O) groups excluding carboxylic acids is 2. The molecule has 0 unspecified atom stereocenters. The van der Waals surface area contributed by atoms with Crippen LogP contribution in [0.3, 0.4) is 0 Å². The molecular weight excluding hydrogens is 390 g/mol. The van der Waals surface area contributed by atoms with Gasteiger partial charge in [0.25, 0.3) is 0 Å². The van der Waals surface area contributed by atoms with E-state index in [0.717, 1.165) is 27.7 Å². The highest BCUT2D eigenvalue weighted by Crippen LogP contribution is 2.33. The van der Waals surface area contributed by atoms with E-state index in [1.807, 2.05) is 66.2 Å². The molecule has 4 aromatic rings. The lowest BCUT2D eigenvalue weighted by atomic mass is 10.0. The molecule has 31 heavy (non-hydrogen) atoms. The maximum atomic E-state index is 13.2. The fourth-order valence-corrected chi connectivity index (χ4v) is 3.80. The summed E-state index contributed by atoms with van der Waals surface area (Å²) in [6, 6.07) is 24.5. The Morgan fingerprint density at radius 1 is 0.871 bits per heavy atom. The molecule has 0 saturated heterocycles. The van der Waals surface area contributed by atoms with Crippen LogP contribution in [0.5, 0.6) is 0 Å². The molecule has 156 valence electrons. The number of aromatic nitrogens is 1. The third-order valence-corrected chi connectivity index (χ3v) is 5.27. The topological polar surface area (TPSA) is 57.5 Å². The largest absolute Gasteiger partial charge is 0.454 e. The fourth-order valence-electron chi connectivity index (χ4n) is 3.80. The Kier molecular flexibility index (Phi) is 5.96. The Morgan fingerprint density at radius 3 is 2.26 bits per heavy atom. The summed E-state index contributed by atoms with van der Waals surface area (Å²) in [5, 5.41) is 0.842. The summed E-state index contributed by atoms with van der Waals surface area (Å²) in [6.45, 7) is 0.143. The molecule has 0 N–H and O–H groups in total. The van der Waals surface area contributed by atoms with Crippen molar-refractivity contribution in [3.63, 3.8) is 0 Å². The van der Waals surface area contributed by atoms with Gasteiger partial charge in [-0.1, -0.05) is 60.7 Å². The first-order valence-corrected chi connectivity index (χ1v) is 10.0. The maximum absolute atomic E-state index is 13.2. The van der Waals surface area contributed by atoms with Gasteiger partial charge in [-0.05, 0) is 29.3 Å². The van der Waals surface area contributed by atoms with E-state index >= 15 is 0 Å². The van der Waals surface area contributed by atoms with Crippen molar-refractivity contribution in [2.75, 3.05) is 13.7 Å². The highest BCUT2D eigenvalue weighted by atomic mass is 16.5. The van der Waals surface area contributed by atoms with Crippen molar-refractivity contribution in [3.05, 3.63) is 95.6 Å². The molecule has 1 aromatic heterocycles. The smallest absolute Gasteiger partial charge is 0.338 e. The molecule has 0 atom stereocenters. The molecule has 0 bridgehead atoms. The lowest BCUT2D eigenvalue weighted by molar-refractivity contribution is 0.0475. The third-order valence-electron chi connectivity index (χ3n) is 5.27. The van der Waals surface area contributed by atoms with E-state index in [1.165, 1.54) is 0 Å². The average molecular weight is 413 g/mol. The van der Waals surface area contributed by atoms with Gasteiger partial charge in [-0.3, -0.25) is 4.79 Å². The van der Waals surface area contributed by atoms with Crippen LogP contribution in [0.2, 0.25) is 0 Å². The number of ether oxygens (including phenoxy) is 2. The predicted molar refractivity (Wildman–Crippen MR) is 120 cm³/mol. The van der Waals surface area contributed by atoms with Crippen LogP contribution in [0.25, 0.3) is 22.2 Å². The molecule has 5 heteroatoms. The molecule has 5 nitrogen and oxygen atoms in total. The number of hydrogen-bond donors (Lipinski definition) is 0. The number of nitrogens with zero attached hydrogens (tertiary/aromatic N) is 1. The number of carbonyl (C=O) groups is 2. The Balaban J connectivity index is 1.61. The number of methoxy groups -OCH3 is 1. The standard InChI is InChI=1S/C26H23NO4/c1-27-22-11-7-6-10-21(22)24(25(27)19-8-4-3-5-9-19)23(28)17-31-26(29)20-14-12-18(13-15-20)16-30-2/h3-15H,16-17H2,1-2H3. The van der Waals surface area contributed by atoms with Gasteiger partial charge < -0.3 is 14.0 Å². The second kappa shape index (κ2) is 8.98. The molecular formula is C26H23NO4. The van der Waals surface area contributed by atoms with Crippen LogP contribution in [0.1, 0.15) is 26.3 Å².